The first kappa shape index (κ1) is 18.2. The number of nitrogens with one attached hydrogen (secondary N) is 1. The highest BCUT2D eigenvalue weighted by atomic mass is 16.5. The maximum Gasteiger partial charge on any atom is 0.119 e. The Morgan fingerprint density at radius 2 is 1.42 bits per heavy atom. The summed E-state index contributed by atoms with van der Waals surface area (Å²) in [5.74, 6) is 2.39. The lowest BCUT2D eigenvalue weighted by molar-refractivity contribution is 0.309. The zero-order valence-corrected chi connectivity index (χ0v) is 15.0. The second kappa shape index (κ2) is 9.86. The number of unbranched alkanes of at least 4 members (excludes halogenated alkanes) is 1. The summed E-state index contributed by atoms with van der Waals surface area (Å²) in [6, 6.07) is 16.4. The molecule has 0 spiro atoms. The van der Waals surface area contributed by atoms with Gasteiger partial charge in [-0.05, 0) is 54.3 Å². The smallest absolute Gasteiger partial charge is 0.119 e. The monoisotopic (exact) mass is 327 g/mol. The summed E-state index contributed by atoms with van der Waals surface area (Å²) in [5, 5.41) is 3.36. The van der Waals surface area contributed by atoms with Crippen LogP contribution in [0.3, 0.4) is 0 Å². The van der Waals surface area contributed by atoms with Gasteiger partial charge in [0.2, 0.25) is 0 Å². The fourth-order valence-corrected chi connectivity index (χ4v) is 2.32. The first-order chi connectivity index (χ1) is 11.7. The van der Waals surface area contributed by atoms with Crippen LogP contribution in [-0.4, -0.2) is 19.8 Å². The van der Waals surface area contributed by atoms with E-state index in [1.165, 1.54) is 5.56 Å². The molecule has 0 aliphatic heterocycles. The van der Waals surface area contributed by atoms with Gasteiger partial charge < -0.3 is 14.8 Å². The van der Waals surface area contributed by atoms with Crippen LogP contribution in [0.2, 0.25) is 0 Å². The molecule has 2 aromatic carbocycles. The van der Waals surface area contributed by atoms with E-state index in [1.54, 1.807) is 0 Å². The zero-order chi connectivity index (χ0) is 17.2. The van der Waals surface area contributed by atoms with Crippen molar-refractivity contribution in [3.05, 3.63) is 54.1 Å². The van der Waals surface area contributed by atoms with Gasteiger partial charge in [0.25, 0.3) is 0 Å². The van der Waals surface area contributed by atoms with E-state index in [0.717, 1.165) is 43.2 Å². The molecule has 0 heterocycles. The standard InChI is InChI=1S/C21H29NO2/c1-4-5-15-23-21-12-8-19(9-13-21)22-14-16-24-20-10-6-18(7-11-20)17(2)3/h6-13,17,22H,4-5,14-16H2,1-3H3. The summed E-state index contributed by atoms with van der Waals surface area (Å²) in [6.07, 6.45) is 2.25. The molecule has 0 unspecified atom stereocenters. The van der Waals surface area contributed by atoms with E-state index in [0.29, 0.717) is 12.5 Å². The average Bonchev–Trinajstić information content (AvgIpc) is 2.60. The zero-order valence-electron chi connectivity index (χ0n) is 15.0. The first-order valence-electron chi connectivity index (χ1n) is 8.88. The van der Waals surface area contributed by atoms with Crippen LogP contribution in [0.25, 0.3) is 0 Å². The van der Waals surface area contributed by atoms with E-state index in [-0.39, 0.29) is 0 Å². The van der Waals surface area contributed by atoms with Gasteiger partial charge in [0.05, 0.1) is 6.61 Å². The second-order valence-electron chi connectivity index (χ2n) is 6.23. The Bertz CT molecular complexity index is 576. The molecule has 0 aliphatic rings. The molecule has 0 bridgehead atoms. The first-order valence-corrected chi connectivity index (χ1v) is 8.88. The molecule has 2 rings (SSSR count). The molecular formula is C21H29NO2. The number of rotatable bonds is 10. The van der Waals surface area contributed by atoms with E-state index in [1.807, 2.05) is 36.4 Å². The van der Waals surface area contributed by atoms with Gasteiger partial charge in [0, 0.05) is 12.2 Å². The number of ether oxygens (including phenoxy) is 2. The number of hydrogen-bond donors (Lipinski definition) is 1. The molecule has 0 fully saturated rings. The third-order valence-electron chi connectivity index (χ3n) is 3.87. The Morgan fingerprint density at radius 1 is 0.833 bits per heavy atom. The molecule has 24 heavy (non-hydrogen) atoms. The Balaban J connectivity index is 1.68. The van der Waals surface area contributed by atoms with Crippen LogP contribution in [0.4, 0.5) is 5.69 Å². The lowest BCUT2D eigenvalue weighted by Gasteiger charge is -2.11. The predicted molar refractivity (Wildman–Crippen MR) is 101 cm³/mol. The Kier molecular flexibility index (Phi) is 7.47. The van der Waals surface area contributed by atoms with Crippen molar-refractivity contribution in [3.8, 4) is 11.5 Å². The van der Waals surface area contributed by atoms with Crippen LogP contribution in [-0.2, 0) is 0 Å². The van der Waals surface area contributed by atoms with Gasteiger partial charge in [-0.2, -0.15) is 0 Å². The quantitative estimate of drug-likeness (QED) is 0.586. The Morgan fingerprint density at radius 3 is 2.00 bits per heavy atom. The van der Waals surface area contributed by atoms with Crippen LogP contribution in [0.1, 0.15) is 45.1 Å². The highest BCUT2D eigenvalue weighted by Crippen LogP contribution is 2.19. The summed E-state index contributed by atoms with van der Waals surface area (Å²) < 4.78 is 11.4. The van der Waals surface area contributed by atoms with E-state index < -0.39 is 0 Å². The minimum Gasteiger partial charge on any atom is -0.494 e. The molecule has 0 saturated carbocycles. The van der Waals surface area contributed by atoms with Crippen molar-refractivity contribution < 1.29 is 9.47 Å². The van der Waals surface area contributed by atoms with Crippen LogP contribution in [0, 0.1) is 0 Å². The molecule has 1 N–H and O–H groups in total. The summed E-state index contributed by atoms with van der Waals surface area (Å²) in [6.45, 7) is 8.74. The van der Waals surface area contributed by atoms with Crippen LogP contribution >= 0.6 is 0 Å². The van der Waals surface area contributed by atoms with Crippen molar-refractivity contribution in [2.24, 2.45) is 0 Å². The Labute approximate surface area is 146 Å². The Hall–Kier alpha value is -2.16. The summed E-state index contributed by atoms with van der Waals surface area (Å²) >= 11 is 0. The normalized spacial score (nSPS) is 10.7. The lowest BCUT2D eigenvalue weighted by atomic mass is 10.0. The third kappa shape index (κ3) is 6.15. The van der Waals surface area contributed by atoms with Gasteiger partial charge in [-0.15, -0.1) is 0 Å². The fraction of sp³-hybridized carbons (Fsp3) is 0.429. The minimum absolute atomic E-state index is 0.551. The van der Waals surface area contributed by atoms with Crippen LogP contribution < -0.4 is 14.8 Å². The summed E-state index contributed by atoms with van der Waals surface area (Å²) in [5.41, 5.74) is 2.42. The van der Waals surface area contributed by atoms with Crippen molar-refractivity contribution in [2.75, 3.05) is 25.1 Å². The predicted octanol–water partition coefficient (Wildman–Crippen LogP) is 5.48. The molecule has 3 nitrogen and oxygen atoms in total. The SMILES string of the molecule is CCCCOc1ccc(NCCOc2ccc(C(C)C)cc2)cc1. The largest absolute Gasteiger partial charge is 0.494 e. The van der Waals surface area contributed by atoms with Crippen LogP contribution in [0.15, 0.2) is 48.5 Å². The molecule has 2 aromatic rings. The third-order valence-corrected chi connectivity index (χ3v) is 3.87. The summed E-state index contributed by atoms with van der Waals surface area (Å²) in [7, 11) is 0. The van der Waals surface area contributed by atoms with Gasteiger partial charge in [-0.3, -0.25) is 0 Å². The average molecular weight is 327 g/mol. The number of hydrogen-bond acceptors (Lipinski definition) is 3. The maximum absolute atomic E-state index is 5.76. The van der Waals surface area contributed by atoms with Crippen molar-refractivity contribution in [2.45, 2.75) is 39.5 Å². The highest BCUT2D eigenvalue weighted by molar-refractivity contribution is 5.46. The van der Waals surface area contributed by atoms with Gasteiger partial charge in [-0.25, -0.2) is 0 Å². The summed E-state index contributed by atoms with van der Waals surface area (Å²) in [4.78, 5) is 0. The van der Waals surface area contributed by atoms with Crippen LogP contribution in [0.5, 0.6) is 11.5 Å². The van der Waals surface area contributed by atoms with Gasteiger partial charge in [0.15, 0.2) is 0 Å². The number of anilines is 1. The molecule has 0 aromatic heterocycles. The van der Waals surface area contributed by atoms with E-state index in [9.17, 15) is 0 Å². The van der Waals surface area contributed by atoms with E-state index >= 15 is 0 Å². The molecule has 3 heteroatoms. The van der Waals surface area contributed by atoms with E-state index in [2.05, 4.69) is 38.2 Å². The van der Waals surface area contributed by atoms with Crippen molar-refractivity contribution in [1.82, 2.24) is 0 Å². The maximum atomic E-state index is 5.76. The minimum atomic E-state index is 0.551. The van der Waals surface area contributed by atoms with Gasteiger partial charge in [0.1, 0.15) is 18.1 Å². The molecule has 0 atom stereocenters. The van der Waals surface area contributed by atoms with Crippen molar-refractivity contribution in [3.63, 3.8) is 0 Å². The number of benzene rings is 2. The molecule has 0 saturated heterocycles. The fourth-order valence-electron chi connectivity index (χ4n) is 2.32. The van der Waals surface area contributed by atoms with E-state index in [4.69, 9.17) is 9.47 Å². The topological polar surface area (TPSA) is 30.5 Å². The second-order valence-corrected chi connectivity index (χ2v) is 6.23. The van der Waals surface area contributed by atoms with Crippen molar-refractivity contribution >= 4 is 5.69 Å². The molecule has 130 valence electrons. The molecule has 0 amide bonds. The molecule has 0 radical (unpaired) electrons. The lowest BCUT2D eigenvalue weighted by Crippen LogP contribution is -2.11. The highest BCUT2D eigenvalue weighted by Gasteiger charge is 2.00. The van der Waals surface area contributed by atoms with Gasteiger partial charge >= 0.3 is 0 Å². The van der Waals surface area contributed by atoms with Gasteiger partial charge in [-0.1, -0.05) is 39.3 Å². The van der Waals surface area contributed by atoms with Crippen molar-refractivity contribution in [1.29, 1.82) is 0 Å². The molecular weight excluding hydrogens is 298 g/mol. The molecule has 0 aliphatic carbocycles.